The summed E-state index contributed by atoms with van der Waals surface area (Å²) in [5.41, 5.74) is 0. The van der Waals surface area contributed by atoms with Crippen LogP contribution in [0.15, 0.2) is 0 Å². The van der Waals surface area contributed by atoms with Crippen LogP contribution in [0.3, 0.4) is 0 Å². The molecule has 4 nitrogen and oxygen atoms in total. The molecule has 0 aromatic rings. The molecule has 0 aromatic heterocycles. The molecular weight excluding hydrogens is 156 g/mol. The number of rotatable bonds is 2. The Morgan fingerprint density at radius 3 is 2.33 bits per heavy atom. The average Bonchev–Trinajstić information content (AvgIpc) is 2.01. The van der Waals surface area contributed by atoms with Crippen molar-refractivity contribution in [2.75, 3.05) is 13.1 Å². The number of imide groups is 1. The lowest BCUT2D eigenvalue weighted by atomic mass is 10.2. The molecule has 1 atom stereocenters. The summed E-state index contributed by atoms with van der Waals surface area (Å²) in [6.07, 6.45) is 0.959. The van der Waals surface area contributed by atoms with E-state index in [1.54, 1.807) is 0 Å². The molecule has 68 valence electrons. The molecule has 1 saturated heterocycles. The van der Waals surface area contributed by atoms with Crippen molar-refractivity contribution in [1.29, 1.82) is 0 Å². The van der Waals surface area contributed by atoms with Crippen LogP contribution >= 0.6 is 0 Å². The van der Waals surface area contributed by atoms with Crippen LogP contribution in [0, 0.1) is 0 Å². The lowest BCUT2D eigenvalue weighted by Gasteiger charge is -2.30. The molecule has 1 unspecified atom stereocenters. The van der Waals surface area contributed by atoms with Gasteiger partial charge < -0.3 is 0 Å². The van der Waals surface area contributed by atoms with Crippen molar-refractivity contribution in [2.45, 2.75) is 26.3 Å². The fraction of sp³-hybridized carbons (Fsp3) is 0.750. The van der Waals surface area contributed by atoms with Crippen LogP contribution in [-0.2, 0) is 9.59 Å². The van der Waals surface area contributed by atoms with Gasteiger partial charge in [0.1, 0.15) is 0 Å². The fourth-order valence-corrected chi connectivity index (χ4v) is 1.23. The van der Waals surface area contributed by atoms with Gasteiger partial charge in [-0.1, -0.05) is 6.92 Å². The van der Waals surface area contributed by atoms with Crippen molar-refractivity contribution in [3.63, 3.8) is 0 Å². The highest BCUT2D eigenvalue weighted by molar-refractivity contribution is 5.99. The second-order valence-corrected chi connectivity index (χ2v) is 3.13. The van der Waals surface area contributed by atoms with E-state index in [-0.39, 0.29) is 11.8 Å². The first-order valence-electron chi connectivity index (χ1n) is 4.20. The lowest BCUT2D eigenvalue weighted by molar-refractivity contribution is -0.136. The van der Waals surface area contributed by atoms with Gasteiger partial charge in [0, 0.05) is 6.04 Å². The molecular formula is C8H14N2O2. The van der Waals surface area contributed by atoms with E-state index in [0.29, 0.717) is 19.1 Å². The van der Waals surface area contributed by atoms with Crippen molar-refractivity contribution >= 4 is 11.8 Å². The molecule has 12 heavy (non-hydrogen) atoms. The van der Waals surface area contributed by atoms with E-state index >= 15 is 0 Å². The van der Waals surface area contributed by atoms with E-state index in [9.17, 15) is 9.59 Å². The molecule has 0 spiro atoms. The summed E-state index contributed by atoms with van der Waals surface area (Å²) in [5.74, 6) is -0.377. The Labute approximate surface area is 71.9 Å². The van der Waals surface area contributed by atoms with E-state index in [2.05, 4.69) is 5.32 Å². The molecule has 4 heteroatoms. The third-order valence-electron chi connectivity index (χ3n) is 2.19. The summed E-state index contributed by atoms with van der Waals surface area (Å²) in [6.45, 7) is 4.76. The van der Waals surface area contributed by atoms with Gasteiger partial charge in [0.05, 0.1) is 13.1 Å². The molecule has 1 aliphatic heterocycles. The molecule has 1 fully saturated rings. The van der Waals surface area contributed by atoms with Gasteiger partial charge in [-0.15, -0.1) is 0 Å². The Bertz CT molecular complexity index is 187. The van der Waals surface area contributed by atoms with Gasteiger partial charge >= 0.3 is 0 Å². The van der Waals surface area contributed by atoms with Gasteiger partial charge in [0.25, 0.3) is 0 Å². The average molecular weight is 170 g/mol. The van der Waals surface area contributed by atoms with E-state index in [1.165, 1.54) is 0 Å². The number of piperazine rings is 1. The molecule has 2 amide bonds. The second kappa shape index (κ2) is 3.67. The third kappa shape index (κ3) is 2.04. The number of carbonyl (C=O) groups is 2. The maximum atomic E-state index is 10.9. The summed E-state index contributed by atoms with van der Waals surface area (Å²) in [7, 11) is 0. The molecule has 0 radical (unpaired) electrons. The second-order valence-electron chi connectivity index (χ2n) is 3.13. The number of hydrogen-bond acceptors (Lipinski definition) is 3. The third-order valence-corrected chi connectivity index (χ3v) is 2.19. The predicted octanol–water partition coefficient (Wildman–Crippen LogP) is -0.257. The normalized spacial score (nSPS) is 22.2. The molecule has 1 rings (SSSR count). The first-order chi connectivity index (χ1) is 5.63. The van der Waals surface area contributed by atoms with E-state index < -0.39 is 0 Å². The van der Waals surface area contributed by atoms with Gasteiger partial charge in [-0.3, -0.25) is 19.8 Å². The van der Waals surface area contributed by atoms with Crippen LogP contribution in [0.1, 0.15) is 20.3 Å². The summed E-state index contributed by atoms with van der Waals surface area (Å²) in [5, 5.41) is 2.27. The van der Waals surface area contributed by atoms with Crippen LogP contribution in [0.25, 0.3) is 0 Å². The van der Waals surface area contributed by atoms with E-state index in [4.69, 9.17) is 0 Å². The van der Waals surface area contributed by atoms with Crippen molar-refractivity contribution in [3.8, 4) is 0 Å². The highest BCUT2D eigenvalue weighted by atomic mass is 16.2. The SMILES string of the molecule is CCC(C)N1CC(=O)NC(=O)C1. The minimum Gasteiger partial charge on any atom is -0.294 e. The van der Waals surface area contributed by atoms with Crippen molar-refractivity contribution < 1.29 is 9.59 Å². The van der Waals surface area contributed by atoms with Crippen molar-refractivity contribution in [1.82, 2.24) is 10.2 Å². The van der Waals surface area contributed by atoms with Crippen molar-refractivity contribution in [2.24, 2.45) is 0 Å². The molecule has 1 heterocycles. The summed E-state index contributed by atoms with van der Waals surface area (Å²) >= 11 is 0. The number of hydrogen-bond donors (Lipinski definition) is 1. The van der Waals surface area contributed by atoms with Crippen LogP contribution in [0.5, 0.6) is 0 Å². The van der Waals surface area contributed by atoms with Gasteiger partial charge in [-0.2, -0.15) is 0 Å². The summed E-state index contributed by atoms with van der Waals surface area (Å²) in [4.78, 5) is 23.8. The number of nitrogens with one attached hydrogen (secondary N) is 1. The minimum atomic E-state index is -0.188. The van der Waals surface area contributed by atoms with Gasteiger partial charge in [-0.05, 0) is 13.3 Å². The minimum absolute atomic E-state index is 0.188. The largest absolute Gasteiger partial charge is 0.294 e. The van der Waals surface area contributed by atoms with Crippen LogP contribution < -0.4 is 5.32 Å². The maximum Gasteiger partial charge on any atom is 0.240 e. The van der Waals surface area contributed by atoms with Crippen LogP contribution in [-0.4, -0.2) is 35.8 Å². The number of amides is 2. The number of carbonyl (C=O) groups excluding carboxylic acids is 2. The molecule has 0 aromatic carbocycles. The topological polar surface area (TPSA) is 49.4 Å². The Morgan fingerprint density at radius 1 is 1.42 bits per heavy atom. The van der Waals surface area contributed by atoms with Gasteiger partial charge in [-0.25, -0.2) is 0 Å². The zero-order valence-electron chi connectivity index (χ0n) is 7.46. The Balaban J connectivity index is 2.55. The van der Waals surface area contributed by atoms with Gasteiger partial charge in [0.15, 0.2) is 0 Å². The fourth-order valence-electron chi connectivity index (χ4n) is 1.23. The first kappa shape index (κ1) is 9.19. The summed E-state index contributed by atoms with van der Waals surface area (Å²) in [6, 6.07) is 0.306. The Morgan fingerprint density at radius 2 is 1.92 bits per heavy atom. The van der Waals surface area contributed by atoms with Crippen LogP contribution in [0.4, 0.5) is 0 Å². The molecule has 1 aliphatic rings. The van der Waals surface area contributed by atoms with Gasteiger partial charge in [0.2, 0.25) is 11.8 Å². The highest BCUT2D eigenvalue weighted by Crippen LogP contribution is 2.04. The zero-order valence-corrected chi connectivity index (χ0v) is 7.46. The van der Waals surface area contributed by atoms with E-state index in [0.717, 1.165) is 6.42 Å². The standard InChI is InChI=1S/C8H14N2O2/c1-3-6(2)10-4-7(11)9-8(12)5-10/h6H,3-5H2,1-2H3,(H,9,11,12). The molecule has 0 saturated carbocycles. The maximum absolute atomic E-state index is 10.9. The Hall–Kier alpha value is -0.900. The Kier molecular flexibility index (Phi) is 2.81. The monoisotopic (exact) mass is 170 g/mol. The predicted molar refractivity (Wildman–Crippen MR) is 44.5 cm³/mol. The molecule has 1 N–H and O–H groups in total. The summed E-state index contributed by atoms with van der Waals surface area (Å²) < 4.78 is 0. The first-order valence-corrected chi connectivity index (χ1v) is 4.20. The zero-order chi connectivity index (χ0) is 9.14. The van der Waals surface area contributed by atoms with E-state index in [1.807, 2.05) is 18.7 Å². The molecule has 0 bridgehead atoms. The quantitative estimate of drug-likeness (QED) is 0.581. The molecule has 0 aliphatic carbocycles. The smallest absolute Gasteiger partial charge is 0.240 e. The van der Waals surface area contributed by atoms with Crippen LogP contribution in [0.2, 0.25) is 0 Å². The lowest BCUT2D eigenvalue weighted by Crippen LogP contribution is -2.53. The van der Waals surface area contributed by atoms with Crippen molar-refractivity contribution in [3.05, 3.63) is 0 Å². The highest BCUT2D eigenvalue weighted by Gasteiger charge is 2.24. The number of nitrogens with zero attached hydrogens (tertiary/aromatic N) is 1.